The molecule has 1 aromatic carbocycles. The first-order valence-corrected chi connectivity index (χ1v) is 7.44. The summed E-state index contributed by atoms with van der Waals surface area (Å²) in [5.41, 5.74) is 6.32. The number of ether oxygens (including phenoxy) is 2. The van der Waals surface area contributed by atoms with Crippen molar-refractivity contribution in [1.29, 1.82) is 0 Å². The van der Waals surface area contributed by atoms with Crippen molar-refractivity contribution in [3.63, 3.8) is 0 Å². The van der Waals surface area contributed by atoms with Crippen LogP contribution in [0.15, 0.2) is 12.1 Å². The number of nitrogens with one attached hydrogen (secondary N) is 1. The van der Waals surface area contributed by atoms with E-state index in [1.165, 1.54) is 37.7 Å². The molecule has 1 rings (SSSR count). The van der Waals surface area contributed by atoms with E-state index in [2.05, 4.69) is 4.72 Å². The van der Waals surface area contributed by atoms with Crippen LogP contribution in [0.2, 0.25) is 0 Å². The molecule has 0 unspecified atom stereocenters. The second-order valence-corrected chi connectivity index (χ2v) is 6.24. The average molecular weight is 303 g/mol. The van der Waals surface area contributed by atoms with Gasteiger partial charge in [0.1, 0.15) is 0 Å². The van der Waals surface area contributed by atoms with Crippen LogP contribution < -0.4 is 19.9 Å². The lowest BCUT2D eigenvalue weighted by atomic mass is 10.2. The van der Waals surface area contributed by atoms with Gasteiger partial charge in [0.15, 0.2) is 11.5 Å². The van der Waals surface area contributed by atoms with E-state index in [9.17, 15) is 8.42 Å². The van der Waals surface area contributed by atoms with Crippen molar-refractivity contribution in [2.45, 2.75) is 19.9 Å². The van der Waals surface area contributed by atoms with Crippen molar-refractivity contribution < 1.29 is 17.9 Å². The minimum Gasteiger partial charge on any atom is -0.493 e. The highest BCUT2D eigenvalue weighted by Gasteiger charge is 2.22. The van der Waals surface area contributed by atoms with Crippen LogP contribution in [-0.2, 0) is 10.2 Å². The molecule has 20 heavy (non-hydrogen) atoms. The molecule has 0 spiro atoms. The highest BCUT2D eigenvalue weighted by atomic mass is 32.2. The van der Waals surface area contributed by atoms with Crippen LogP contribution in [0.5, 0.6) is 11.5 Å². The summed E-state index contributed by atoms with van der Waals surface area (Å²) in [6.45, 7) is 3.55. The maximum atomic E-state index is 12.1. The number of methoxy groups -OCH3 is 2. The zero-order chi connectivity index (χ0) is 15.5. The zero-order valence-corrected chi connectivity index (χ0v) is 13.1. The largest absolute Gasteiger partial charge is 0.493 e. The molecule has 0 aliphatic heterocycles. The Hall–Kier alpha value is -1.67. The van der Waals surface area contributed by atoms with Crippen molar-refractivity contribution in [1.82, 2.24) is 4.31 Å². The van der Waals surface area contributed by atoms with Gasteiger partial charge in [-0.1, -0.05) is 0 Å². The summed E-state index contributed by atoms with van der Waals surface area (Å²) >= 11 is 0. The number of hydrogen-bond donors (Lipinski definition) is 2. The number of nitrogens with two attached hydrogens (primary N) is 1. The SMILES string of the molecule is COc1cc(N)c(NS(=O)(=O)N(C)C(C)C)cc1OC. The fourth-order valence-corrected chi connectivity index (χ4v) is 2.63. The molecule has 0 heterocycles. The minimum atomic E-state index is -3.67. The molecule has 7 nitrogen and oxygen atoms in total. The van der Waals surface area contributed by atoms with Gasteiger partial charge < -0.3 is 15.2 Å². The van der Waals surface area contributed by atoms with Crippen molar-refractivity contribution in [2.24, 2.45) is 0 Å². The van der Waals surface area contributed by atoms with Gasteiger partial charge in [-0.15, -0.1) is 0 Å². The lowest BCUT2D eigenvalue weighted by Gasteiger charge is -2.22. The molecule has 0 bridgehead atoms. The van der Waals surface area contributed by atoms with Crippen LogP contribution in [0.1, 0.15) is 13.8 Å². The van der Waals surface area contributed by atoms with Gasteiger partial charge in [0.25, 0.3) is 0 Å². The summed E-state index contributed by atoms with van der Waals surface area (Å²) in [5, 5.41) is 0. The molecular formula is C12H21N3O4S. The molecular weight excluding hydrogens is 282 g/mol. The molecule has 1 aromatic rings. The molecule has 0 fully saturated rings. The molecule has 0 aliphatic carbocycles. The van der Waals surface area contributed by atoms with Crippen LogP contribution in [-0.4, -0.2) is 40.0 Å². The van der Waals surface area contributed by atoms with E-state index < -0.39 is 10.2 Å². The summed E-state index contributed by atoms with van der Waals surface area (Å²) in [4.78, 5) is 0. The normalized spacial score (nSPS) is 11.8. The Balaban J connectivity index is 3.16. The van der Waals surface area contributed by atoms with E-state index in [4.69, 9.17) is 15.2 Å². The van der Waals surface area contributed by atoms with E-state index in [0.29, 0.717) is 11.5 Å². The average Bonchev–Trinajstić information content (AvgIpc) is 2.39. The Kier molecular flexibility index (Phi) is 5.07. The monoisotopic (exact) mass is 303 g/mol. The van der Waals surface area contributed by atoms with Gasteiger partial charge in [-0.05, 0) is 13.8 Å². The quantitative estimate of drug-likeness (QED) is 0.772. The first kappa shape index (κ1) is 16.4. The van der Waals surface area contributed by atoms with Gasteiger partial charge >= 0.3 is 10.2 Å². The van der Waals surface area contributed by atoms with Gasteiger partial charge in [-0.2, -0.15) is 12.7 Å². The molecule has 114 valence electrons. The Morgan fingerprint density at radius 1 is 1.20 bits per heavy atom. The Morgan fingerprint density at radius 3 is 2.15 bits per heavy atom. The third-order valence-electron chi connectivity index (χ3n) is 2.90. The molecule has 0 saturated heterocycles. The number of benzene rings is 1. The minimum absolute atomic E-state index is 0.172. The first-order chi connectivity index (χ1) is 9.22. The van der Waals surface area contributed by atoms with Crippen LogP contribution in [0.4, 0.5) is 11.4 Å². The van der Waals surface area contributed by atoms with E-state index in [-0.39, 0.29) is 17.4 Å². The number of nitrogen functional groups attached to an aromatic ring is 1. The highest BCUT2D eigenvalue weighted by molar-refractivity contribution is 7.90. The molecule has 0 aromatic heterocycles. The molecule has 0 saturated carbocycles. The van der Waals surface area contributed by atoms with Crippen molar-refractivity contribution in [3.8, 4) is 11.5 Å². The third-order valence-corrected chi connectivity index (χ3v) is 4.56. The molecule has 0 atom stereocenters. The standard InChI is InChI=1S/C12H21N3O4S/c1-8(2)15(3)20(16,17)14-10-7-12(19-5)11(18-4)6-9(10)13/h6-8,14H,13H2,1-5H3. The van der Waals surface area contributed by atoms with Crippen molar-refractivity contribution >= 4 is 21.6 Å². The van der Waals surface area contributed by atoms with Crippen LogP contribution in [0.3, 0.4) is 0 Å². The number of nitrogens with zero attached hydrogens (tertiary/aromatic N) is 1. The van der Waals surface area contributed by atoms with E-state index in [0.717, 1.165) is 0 Å². The zero-order valence-electron chi connectivity index (χ0n) is 12.3. The van der Waals surface area contributed by atoms with Crippen LogP contribution in [0.25, 0.3) is 0 Å². The lowest BCUT2D eigenvalue weighted by Crippen LogP contribution is -2.37. The summed E-state index contributed by atoms with van der Waals surface area (Å²) in [6.07, 6.45) is 0. The van der Waals surface area contributed by atoms with E-state index >= 15 is 0 Å². The molecule has 8 heteroatoms. The van der Waals surface area contributed by atoms with E-state index in [1.807, 2.05) is 0 Å². The molecule has 3 N–H and O–H groups in total. The lowest BCUT2D eigenvalue weighted by molar-refractivity contribution is 0.355. The summed E-state index contributed by atoms with van der Waals surface area (Å²) in [6, 6.07) is 2.82. The van der Waals surface area contributed by atoms with E-state index in [1.54, 1.807) is 13.8 Å². The second kappa shape index (κ2) is 6.19. The fourth-order valence-electron chi connectivity index (χ4n) is 1.47. The van der Waals surface area contributed by atoms with Crippen molar-refractivity contribution in [3.05, 3.63) is 12.1 Å². The highest BCUT2D eigenvalue weighted by Crippen LogP contribution is 2.35. The van der Waals surface area contributed by atoms with Gasteiger partial charge in [0.2, 0.25) is 0 Å². The Bertz CT molecular complexity index is 572. The second-order valence-electron chi connectivity index (χ2n) is 4.51. The van der Waals surface area contributed by atoms with Crippen LogP contribution in [0, 0.1) is 0 Å². The number of anilines is 2. The summed E-state index contributed by atoms with van der Waals surface area (Å²) < 4.78 is 38.1. The third kappa shape index (κ3) is 3.45. The first-order valence-electron chi connectivity index (χ1n) is 6.00. The fraction of sp³-hybridized carbons (Fsp3) is 0.500. The molecule has 0 aliphatic rings. The maximum Gasteiger partial charge on any atom is 0.301 e. The van der Waals surface area contributed by atoms with Gasteiger partial charge in [-0.25, -0.2) is 0 Å². The molecule has 0 amide bonds. The van der Waals surface area contributed by atoms with Gasteiger partial charge in [0.05, 0.1) is 25.6 Å². The van der Waals surface area contributed by atoms with Crippen molar-refractivity contribution in [2.75, 3.05) is 31.7 Å². The summed E-state index contributed by atoms with van der Waals surface area (Å²) in [5.74, 6) is 0.830. The predicted octanol–water partition coefficient (Wildman–Crippen LogP) is 1.28. The van der Waals surface area contributed by atoms with Gasteiger partial charge in [0, 0.05) is 25.2 Å². The smallest absolute Gasteiger partial charge is 0.301 e. The number of hydrogen-bond acceptors (Lipinski definition) is 5. The Labute approximate surface area is 119 Å². The predicted molar refractivity (Wildman–Crippen MR) is 79.4 cm³/mol. The molecule has 0 radical (unpaired) electrons. The van der Waals surface area contributed by atoms with Gasteiger partial charge in [-0.3, -0.25) is 4.72 Å². The Morgan fingerprint density at radius 2 is 1.70 bits per heavy atom. The number of rotatable bonds is 6. The maximum absolute atomic E-state index is 12.1. The summed E-state index contributed by atoms with van der Waals surface area (Å²) in [7, 11) is 0.762. The van der Waals surface area contributed by atoms with Crippen LogP contribution >= 0.6 is 0 Å². The topological polar surface area (TPSA) is 93.9 Å².